The van der Waals surface area contributed by atoms with Crippen LogP contribution in [0.1, 0.15) is 46.6 Å². The smallest absolute Gasteiger partial charge is 0.283 e. The Hall–Kier alpha value is -3.17. The van der Waals surface area contributed by atoms with Gasteiger partial charge in [-0.15, -0.1) is 11.3 Å². The summed E-state index contributed by atoms with van der Waals surface area (Å²) in [6, 6.07) is 17.7. The Morgan fingerprint density at radius 3 is 2.84 bits per heavy atom. The maximum Gasteiger partial charge on any atom is 0.283 e. The molecule has 0 saturated carbocycles. The maximum atomic E-state index is 13.2. The Labute approximate surface area is 186 Å². The lowest BCUT2D eigenvalue weighted by Crippen LogP contribution is -2.44. The number of benzene rings is 2. The van der Waals surface area contributed by atoms with Crippen molar-refractivity contribution in [3.05, 3.63) is 70.0 Å². The standard InChI is InChI=1S/C25H25N3O2S/c1-18-9-11-19(12-10-18)22-17-31-24(27-22)25(29)28-14-5-4-7-21(28)13-15-30-23-8-3-2-6-20(23)16-26/h2-3,6,8-12,17,21H,4-5,7,13-15H2,1H3. The van der Waals surface area contributed by atoms with E-state index in [9.17, 15) is 10.1 Å². The molecule has 1 unspecified atom stereocenters. The Bertz CT molecular complexity index is 1080. The Kier molecular flexibility index (Phi) is 6.63. The average Bonchev–Trinajstić information content (AvgIpc) is 3.30. The fraction of sp³-hybridized carbons (Fsp3) is 0.320. The van der Waals surface area contributed by atoms with Crippen molar-refractivity contribution >= 4 is 17.2 Å². The Morgan fingerprint density at radius 2 is 2.03 bits per heavy atom. The summed E-state index contributed by atoms with van der Waals surface area (Å²) >= 11 is 1.41. The number of aryl methyl sites for hydroxylation is 1. The first-order valence-electron chi connectivity index (χ1n) is 10.6. The van der Waals surface area contributed by atoms with Crippen molar-refractivity contribution in [2.75, 3.05) is 13.2 Å². The van der Waals surface area contributed by atoms with E-state index >= 15 is 0 Å². The molecule has 1 amide bonds. The molecule has 4 rings (SSSR count). The molecule has 1 fully saturated rings. The van der Waals surface area contributed by atoms with Crippen LogP contribution in [-0.4, -0.2) is 35.0 Å². The van der Waals surface area contributed by atoms with Crippen LogP contribution < -0.4 is 4.74 Å². The third-order valence-corrected chi connectivity index (χ3v) is 6.47. The molecule has 1 atom stereocenters. The lowest BCUT2D eigenvalue weighted by atomic mass is 9.99. The van der Waals surface area contributed by atoms with E-state index in [2.05, 4.69) is 30.1 Å². The molecule has 5 nitrogen and oxygen atoms in total. The minimum atomic E-state index is 0.00508. The van der Waals surface area contributed by atoms with Gasteiger partial charge in [0, 0.05) is 30.0 Å². The highest BCUT2D eigenvalue weighted by Crippen LogP contribution is 2.27. The van der Waals surface area contributed by atoms with E-state index in [1.807, 2.05) is 40.6 Å². The van der Waals surface area contributed by atoms with Gasteiger partial charge >= 0.3 is 0 Å². The van der Waals surface area contributed by atoms with Gasteiger partial charge in [-0.05, 0) is 38.3 Å². The highest BCUT2D eigenvalue weighted by Gasteiger charge is 2.29. The van der Waals surface area contributed by atoms with Gasteiger partial charge < -0.3 is 9.64 Å². The van der Waals surface area contributed by atoms with Gasteiger partial charge in [0.1, 0.15) is 11.8 Å². The number of likely N-dealkylation sites (tertiary alicyclic amines) is 1. The molecule has 2 aromatic carbocycles. The Balaban J connectivity index is 1.42. The minimum absolute atomic E-state index is 0.00508. The number of carbonyl (C=O) groups is 1. The highest BCUT2D eigenvalue weighted by atomic mass is 32.1. The number of hydrogen-bond donors (Lipinski definition) is 0. The fourth-order valence-corrected chi connectivity index (χ4v) is 4.69. The van der Waals surface area contributed by atoms with Crippen LogP contribution in [0.4, 0.5) is 0 Å². The molecule has 31 heavy (non-hydrogen) atoms. The largest absolute Gasteiger partial charge is 0.492 e. The van der Waals surface area contributed by atoms with Crippen LogP contribution in [-0.2, 0) is 0 Å². The molecular formula is C25H25N3O2S. The number of ether oxygens (including phenoxy) is 1. The van der Waals surface area contributed by atoms with Gasteiger partial charge in [-0.1, -0.05) is 42.0 Å². The molecular weight excluding hydrogens is 406 g/mol. The summed E-state index contributed by atoms with van der Waals surface area (Å²) in [5.41, 5.74) is 3.61. The molecule has 3 aromatic rings. The van der Waals surface area contributed by atoms with Crippen LogP contribution in [0, 0.1) is 18.3 Å². The zero-order chi connectivity index (χ0) is 21.6. The second-order valence-corrected chi connectivity index (χ2v) is 8.66. The number of rotatable bonds is 6. The normalized spacial score (nSPS) is 16.0. The van der Waals surface area contributed by atoms with Crippen LogP contribution in [0.15, 0.2) is 53.9 Å². The van der Waals surface area contributed by atoms with Gasteiger partial charge in [-0.25, -0.2) is 4.98 Å². The summed E-state index contributed by atoms with van der Waals surface area (Å²) < 4.78 is 5.86. The van der Waals surface area contributed by atoms with Crippen molar-refractivity contribution in [2.45, 2.75) is 38.6 Å². The predicted octanol–water partition coefficient (Wildman–Crippen LogP) is 5.45. The van der Waals surface area contributed by atoms with Gasteiger partial charge in [0.05, 0.1) is 17.9 Å². The van der Waals surface area contributed by atoms with E-state index in [1.165, 1.54) is 16.9 Å². The lowest BCUT2D eigenvalue weighted by molar-refractivity contribution is 0.0580. The quantitative estimate of drug-likeness (QED) is 0.520. The molecule has 0 bridgehead atoms. The first kappa shape index (κ1) is 21.1. The monoisotopic (exact) mass is 431 g/mol. The summed E-state index contributed by atoms with van der Waals surface area (Å²) in [7, 11) is 0. The van der Waals surface area contributed by atoms with E-state index in [0.717, 1.165) is 43.5 Å². The second-order valence-electron chi connectivity index (χ2n) is 7.80. The molecule has 158 valence electrons. The molecule has 1 aliphatic rings. The summed E-state index contributed by atoms with van der Waals surface area (Å²) in [6.45, 7) is 3.27. The zero-order valence-corrected chi connectivity index (χ0v) is 18.4. The van der Waals surface area contributed by atoms with Crippen molar-refractivity contribution in [2.24, 2.45) is 0 Å². The van der Waals surface area contributed by atoms with Crippen LogP contribution in [0.2, 0.25) is 0 Å². The molecule has 1 aliphatic heterocycles. The van der Waals surface area contributed by atoms with Crippen molar-refractivity contribution < 1.29 is 9.53 Å². The van der Waals surface area contributed by atoms with Crippen LogP contribution >= 0.6 is 11.3 Å². The number of nitriles is 1. The second kappa shape index (κ2) is 9.76. The van der Waals surface area contributed by atoms with Crippen molar-refractivity contribution in [3.8, 4) is 23.1 Å². The number of aromatic nitrogens is 1. The average molecular weight is 432 g/mol. The number of nitrogens with zero attached hydrogens (tertiary/aromatic N) is 3. The molecule has 0 N–H and O–H groups in total. The number of hydrogen-bond acceptors (Lipinski definition) is 5. The maximum absolute atomic E-state index is 13.2. The minimum Gasteiger partial charge on any atom is -0.492 e. The molecule has 0 radical (unpaired) electrons. The van der Waals surface area contributed by atoms with E-state index in [-0.39, 0.29) is 11.9 Å². The van der Waals surface area contributed by atoms with Gasteiger partial charge in [-0.3, -0.25) is 4.79 Å². The third kappa shape index (κ3) is 4.95. The number of carbonyl (C=O) groups excluding carboxylic acids is 1. The molecule has 0 spiro atoms. The van der Waals surface area contributed by atoms with E-state index in [0.29, 0.717) is 22.9 Å². The number of amides is 1. The fourth-order valence-electron chi connectivity index (χ4n) is 3.91. The molecule has 1 aromatic heterocycles. The topological polar surface area (TPSA) is 66.2 Å². The molecule has 2 heterocycles. The summed E-state index contributed by atoms with van der Waals surface area (Å²) in [6.07, 6.45) is 3.82. The zero-order valence-electron chi connectivity index (χ0n) is 17.6. The van der Waals surface area contributed by atoms with Crippen molar-refractivity contribution in [1.29, 1.82) is 5.26 Å². The van der Waals surface area contributed by atoms with E-state index in [4.69, 9.17) is 4.74 Å². The lowest BCUT2D eigenvalue weighted by Gasteiger charge is -2.35. The van der Waals surface area contributed by atoms with Crippen molar-refractivity contribution in [1.82, 2.24) is 9.88 Å². The summed E-state index contributed by atoms with van der Waals surface area (Å²) in [4.78, 5) is 19.8. The number of thiazole rings is 1. The first-order chi connectivity index (χ1) is 15.2. The van der Waals surface area contributed by atoms with E-state index < -0.39 is 0 Å². The van der Waals surface area contributed by atoms with Gasteiger partial charge in [0.15, 0.2) is 5.01 Å². The summed E-state index contributed by atoms with van der Waals surface area (Å²) in [5, 5.41) is 11.7. The van der Waals surface area contributed by atoms with Crippen LogP contribution in [0.5, 0.6) is 5.75 Å². The van der Waals surface area contributed by atoms with Gasteiger partial charge in [0.25, 0.3) is 5.91 Å². The third-order valence-electron chi connectivity index (χ3n) is 5.64. The number of piperidine rings is 1. The first-order valence-corrected chi connectivity index (χ1v) is 11.5. The molecule has 0 aliphatic carbocycles. The number of para-hydroxylation sites is 1. The van der Waals surface area contributed by atoms with Crippen molar-refractivity contribution in [3.63, 3.8) is 0 Å². The highest BCUT2D eigenvalue weighted by molar-refractivity contribution is 7.12. The predicted molar refractivity (Wildman–Crippen MR) is 122 cm³/mol. The van der Waals surface area contributed by atoms with Gasteiger partial charge in [-0.2, -0.15) is 5.26 Å². The van der Waals surface area contributed by atoms with E-state index in [1.54, 1.807) is 6.07 Å². The molecule has 1 saturated heterocycles. The summed E-state index contributed by atoms with van der Waals surface area (Å²) in [5.74, 6) is 0.604. The van der Waals surface area contributed by atoms with Crippen LogP contribution in [0.25, 0.3) is 11.3 Å². The Morgan fingerprint density at radius 1 is 1.23 bits per heavy atom. The van der Waals surface area contributed by atoms with Gasteiger partial charge in [0.2, 0.25) is 0 Å². The SMILES string of the molecule is Cc1ccc(-c2csc(C(=O)N3CCCCC3CCOc3ccccc3C#N)n2)cc1. The molecule has 6 heteroatoms. The van der Waals surface area contributed by atoms with Crippen LogP contribution in [0.3, 0.4) is 0 Å².